The Morgan fingerprint density at radius 1 is 1.21 bits per heavy atom. The van der Waals surface area contributed by atoms with Crippen molar-refractivity contribution in [3.8, 4) is 0 Å². The molecule has 11 heteroatoms. The Morgan fingerprint density at radius 3 is 2.68 bits per heavy atom. The van der Waals surface area contributed by atoms with Crippen LogP contribution in [0.25, 0.3) is 0 Å². The van der Waals surface area contributed by atoms with Crippen molar-refractivity contribution in [2.45, 2.75) is 19.8 Å². The molecule has 2 aromatic rings. The van der Waals surface area contributed by atoms with Gasteiger partial charge in [-0.15, -0.1) is 4.59 Å². The van der Waals surface area contributed by atoms with E-state index in [1.165, 1.54) is 0 Å². The molecular formula is C27H31N8O3+. The van der Waals surface area contributed by atoms with E-state index in [0.717, 1.165) is 36.3 Å². The molecular weight excluding hydrogens is 484 g/mol. The average molecular weight is 516 g/mol. The van der Waals surface area contributed by atoms with E-state index in [0.29, 0.717) is 37.0 Å². The summed E-state index contributed by atoms with van der Waals surface area (Å²) in [5.41, 5.74) is 2.53. The van der Waals surface area contributed by atoms with Crippen LogP contribution in [0.15, 0.2) is 70.3 Å². The molecule has 0 radical (unpaired) electrons. The minimum Gasteiger partial charge on any atom is -0.379 e. The van der Waals surface area contributed by atoms with Crippen molar-refractivity contribution in [3.63, 3.8) is 0 Å². The van der Waals surface area contributed by atoms with Crippen molar-refractivity contribution in [1.29, 1.82) is 0 Å². The third kappa shape index (κ3) is 4.08. The third-order valence-electron chi connectivity index (χ3n) is 7.64. The lowest BCUT2D eigenvalue weighted by atomic mass is 9.85. The summed E-state index contributed by atoms with van der Waals surface area (Å²) in [5.74, 6) is 8.00. The first-order valence-corrected chi connectivity index (χ1v) is 12.8. The van der Waals surface area contributed by atoms with Gasteiger partial charge in [0.25, 0.3) is 11.7 Å². The zero-order valence-electron chi connectivity index (χ0n) is 21.5. The van der Waals surface area contributed by atoms with E-state index >= 15 is 0 Å². The summed E-state index contributed by atoms with van der Waals surface area (Å²) >= 11 is 0. The zero-order chi connectivity index (χ0) is 26.5. The summed E-state index contributed by atoms with van der Waals surface area (Å²) in [6.07, 6.45) is 8.82. The van der Waals surface area contributed by atoms with Crippen LogP contribution >= 0.6 is 0 Å². The highest BCUT2D eigenvalue weighted by Crippen LogP contribution is 2.39. The van der Waals surface area contributed by atoms with Gasteiger partial charge in [0, 0.05) is 43.9 Å². The van der Waals surface area contributed by atoms with Gasteiger partial charge in [0.2, 0.25) is 11.6 Å². The molecule has 2 saturated heterocycles. The van der Waals surface area contributed by atoms with E-state index < -0.39 is 5.41 Å². The number of benzene rings is 1. The van der Waals surface area contributed by atoms with Crippen molar-refractivity contribution in [3.05, 3.63) is 71.4 Å². The largest absolute Gasteiger partial charge is 0.379 e. The lowest BCUT2D eigenvalue weighted by molar-refractivity contribution is -0.750. The Balaban J connectivity index is 1.25. The number of carbonyl (C=O) groups is 2. The number of hydrogen-bond acceptors (Lipinski definition) is 7. The van der Waals surface area contributed by atoms with E-state index in [4.69, 9.17) is 15.6 Å². The van der Waals surface area contributed by atoms with E-state index in [-0.39, 0.29) is 22.3 Å². The lowest BCUT2D eigenvalue weighted by Gasteiger charge is -2.42. The van der Waals surface area contributed by atoms with E-state index in [1.54, 1.807) is 54.7 Å². The number of nitrogens with two attached hydrogens (primary N) is 1. The van der Waals surface area contributed by atoms with Gasteiger partial charge in [0.1, 0.15) is 11.9 Å². The predicted octanol–water partition coefficient (Wildman–Crippen LogP) is 2.17. The molecule has 2 amide bonds. The van der Waals surface area contributed by atoms with Crippen LogP contribution in [0.2, 0.25) is 0 Å². The molecule has 5 heterocycles. The number of rotatable bonds is 5. The smallest absolute Gasteiger partial charge is 0.264 e. The number of aryl methyl sites for hydroxylation is 1. The fourth-order valence-electron chi connectivity index (χ4n) is 5.45. The number of nitrogens with zero attached hydrogens (tertiary/aromatic N) is 6. The molecule has 0 bridgehead atoms. The SMILES string of the molecule is Cn1ccc(NC(=O)c2ccc(C3=NC([C@@H]4CCCN(C(=O)C5(C)COC5)C4)=C4C=NC=C[N+]34N)cc2)n1. The van der Waals surface area contributed by atoms with Crippen molar-refractivity contribution < 1.29 is 18.9 Å². The van der Waals surface area contributed by atoms with Crippen LogP contribution < -0.4 is 11.2 Å². The normalized spacial score (nSPS) is 25.6. The van der Waals surface area contributed by atoms with E-state index in [9.17, 15) is 9.59 Å². The molecule has 4 aliphatic heterocycles. The second kappa shape index (κ2) is 9.12. The quantitative estimate of drug-likeness (QED) is 0.466. The molecule has 0 saturated carbocycles. The number of aliphatic imine (C=N–C) groups is 2. The summed E-state index contributed by atoms with van der Waals surface area (Å²) in [6.45, 7) is 4.24. The molecule has 0 aliphatic carbocycles. The van der Waals surface area contributed by atoms with Crippen molar-refractivity contribution in [2.75, 3.05) is 31.6 Å². The van der Waals surface area contributed by atoms with E-state index in [2.05, 4.69) is 15.4 Å². The molecule has 3 N–H and O–H groups in total. The highest BCUT2D eigenvalue weighted by Gasteiger charge is 2.48. The molecule has 0 spiro atoms. The van der Waals surface area contributed by atoms with Gasteiger partial charge in [-0.2, -0.15) is 15.9 Å². The topological polar surface area (TPSA) is 127 Å². The number of allylic oxidation sites excluding steroid dienone is 1. The van der Waals surface area contributed by atoms with Gasteiger partial charge < -0.3 is 15.0 Å². The number of carbonyl (C=O) groups excluding carboxylic acids is 2. The van der Waals surface area contributed by atoms with Crippen LogP contribution in [0.4, 0.5) is 5.82 Å². The van der Waals surface area contributed by atoms with Crippen molar-refractivity contribution >= 4 is 29.7 Å². The van der Waals surface area contributed by atoms with Gasteiger partial charge in [-0.25, -0.2) is 0 Å². The van der Waals surface area contributed by atoms with E-state index in [1.807, 2.05) is 24.0 Å². The summed E-state index contributed by atoms with van der Waals surface area (Å²) < 4.78 is 6.85. The van der Waals surface area contributed by atoms with Crippen LogP contribution in [0.3, 0.4) is 0 Å². The second-order valence-electron chi connectivity index (χ2n) is 10.6. The van der Waals surface area contributed by atoms with Gasteiger partial charge >= 0.3 is 0 Å². The highest BCUT2D eigenvalue weighted by atomic mass is 16.5. The summed E-state index contributed by atoms with van der Waals surface area (Å²) in [7, 11) is 1.79. The summed E-state index contributed by atoms with van der Waals surface area (Å²) in [5, 5.41) is 6.99. The Hall–Kier alpha value is -3.93. The van der Waals surface area contributed by atoms with Crippen LogP contribution in [-0.2, 0) is 16.6 Å². The van der Waals surface area contributed by atoms with Gasteiger partial charge in [0.05, 0.1) is 36.6 Å². The average Bonchev–Trinajstić information content (AvgIpc) is 3.46. The zero-order valence-corrected chi connectivity index (χ0v) is 21.5. The minimum absolute atomic E-state index is 0.0484. The molecule has 1 unspecified atom stereocenters. The Labute approximate surface area is 220 Å². The summed E-state index contributed by atoms with van der Waals surface area (Å²) in [6, 6.07) is 8.95. The van der Waals surface area contributed by atoms with Crippen LogP contribution in [0.1, 0.15) is 35.7 Å². The van der Waals surface area contributed by atoms with Crippen molar-refractivity contribution in [2.24, 2.45) is 34.2 Å². The molecule has 196 valence electrons. The molecule has 2 fully saturated rings. The number of amidine groups is 1. The molecule has 2 atom stereocenters. The number of aromatic nitrogens is 2. The Kier molecular flexibility index (Phi) is 5.86. The van der Waals surface area contributed by atoms with Gasteiger partial charge in [-0.05, 0) is 44.0 Å². The summed E-state index contributed by atoms with van der Waals surface area (Å²) in [4.78, 5) is 37.2. The fraction of sp³-hybridized carbons (Fsp3) is 0.370. The number of ether oxygens (including phenoxy) is 1. The highest BCUT2D eigenvalue weighted by molar-refractivity contribution is 6.05. The molecule has 38 heavy (non-hydrogen) atoms. The number of piperidine rings is 1. The number of quaternary nitrogens is 1. The number of anilines is 1. The maximum atomic E-state index is 13.2. The van der Waals surface area contributed by atoms with Gasteiger partial charge in [0.15, 0.2) is 5.82 Å². The van der Waals surface area contributed by atoms with Crippen molar-refractivity contribution in [1.82, 2.24) is 14.7 Å². The number of amides is 2. The number of hydrogen-bond donors (Lipinski definition) is 2. The van der Waals surface area contributed by atoms with Crippen LogP contribution in [-0.4, -0.2) is 69.4 Å². The molecule has 1 aromatic heterocycles. The van der Waals surface area contributed by atoms with Crippen LogP contribution in [0.5, 0.6) is 0 Å². The number of nitrogens with one attached hydrogen (secondary N) is 1. The van der Waals surface area contributed by atoms with Crippen LogP contribution in [0, 0.1) is 11.3 Å². The first-order chi connectivity index (χ1) is 18.3. The number of likely N-dealkylation sites (tertiary alicyclic amines) is 1. The Bertz CT molecular complexity index is 1420. The first kappa shape index (κ1) is 24.4. The predicted molar refractivity (Wildman–Crippen MR) is 141 cm³/mol. The molecule has 6 rings (SSSR count). The molecule has 11 nitrogen and oxygen atoms in total. The Morgan fingerprint density at radius 2 is 2.00 bits per heavy atom. The maximum Gasteiger partial charge on any atom is 0.264 e. The van der Waals surface area contributed by atoms with Gasteiger partial charge in [-0.3, -0.25) is 19.3 Å². The lowest BCUT2D eigenvalue weighted by Crippen LogP contribution is -2.55. The maximum absolute atomic E-state index is 13.2. The second-order valence-corrected chi connectivity index (χ2v) is 10.6. The standard InChI is InChI=1S/C27H30N8O3/c1-27(16-38-17-27)26(37)34-11-3-4-20(15-34)23-21-14-29-10-13-35(21,28)24(31-23)18-5-7-19(8-6-18)25(36)30-22-9-12-33(2)32-22/h5-10,12-14,20H,3-4,11,15-17,28H2,1-2H3/p+1/t20-,35?/m1/s1. The molecule has 1 aromatic carbocycles. The van der Waals surface area contributed by atoms with Gasteiger partial charge in [-0.1, -0.05) is 0 Å². The molecule has 4 aliphatic rings. The fourth-order valence-corrected chi connectivity index (χ4v) is 5.45. The monoisotopic (exact) mass is 515 g/mol. The minimum atomic E-state index is -0.433. The first-order valence-electron chi connectivity index (χ1n) is 12.8. The third-order valence-corrected chi connectivity index (χ3v) is 7.64. The number of fused-ring (bicyclic) bond motifs is 1.